The average Bonchev–Trinajstić information content (AvgIpc) is 2.66. The van der Waals surface area contributed by atoms with Crippen LogP contribution in [0.2, 0.25) is 0 Å². The first kappa shape index (κ1) is 16.9. The van der Waals surface area contributed by atoms with Crippen LogP contribution in [0.15, 0.2) is 42.9 Å². The quantitative estimate of drug-likeness (QED) is 0.850. The summed E-state index contributed by atoms with van der Waals surface area (Å²) in [5.41, 5.74) is 1.06. The maximum Gasteiger partial charge on any atom is 0.222 e. The molecule has 2 aromatic heterocycles. The number of pyridine rings is 2. The van der Waals surface area contributed by atoms with Gasteiger partial charge in [-0.25, -0.2) is 9.37 Å². The van der Waals surface area contributed by atoms with E-state index >= 15 is 0 Å². The van der Waals surface area contributed by atoms with Gasteiger partial charge in [-0.05, 0) is 43.0 Å². The molecule has 6 heteroatoms. The molecule has 2 aliphatic rings. The molecule has 2 saturated heterocycles. The number of anilines is 1. The van der Waals surface area contributed by atoms with Crippen molar-refractivity contribution in [2.45, 2.75) is 32.2 Å². The molecule has 5 nitrogen and oxygen atoms in total. The molecule has 0 aliphatic carbocycles. The Bertz CT molecular complexity index is 784. The molecule has 2 fully saturated rings. The van der Waals surface area contributed by atoms with Crippen LogP contribution in [-0.4, -0.2) is 40.4 Å². The van der Waals surface area contributed by atoms with E-state index in [0.717, 1.165) is 37.9 Å². The fraction of sp³-hybridized carbons (Fsp3) is 0.450. The van der Waals surface area contributed by atoms with Crippen molar-refractivity contribution < 1.29 is 9.18 Å². The highest BCUT2D eigenvalue weighted by molar-refractivity contribution is 5.77. The van der Waals surface area contributed by atoms with Gasteiger partial charge in [-0.3, -0.25) is 9.78 Å². The van der Waals surface area contributed by atoms with E-state index in [-0.39, 0.29) is 17.1 Å². The average molecular weight is 354 g/mol. The summed E-state index contributed by atoms with van der Waals surface area (Å²) in [6, 6.07) is 6.97. The molecule has 136 valence electrons. The zero-order chi connectivity index (χ0) is 18.0. The molecule has 0 N–H and O–H groups in total. The third-order valence-electron chi connectivity index (χ3n) is 5.54. The van der Waals surface area contributed by atoms with Gasteiger partial charge in [0.2, 0.25) is 5.91 Å². The van der Waals surface area contributed by atoms with Crippen molar-refractivity contribution in [2.24, 2.45) is 5.41 Å². The Morgan fingerprint density at radius 2 is 2.04 bits per heavy atom. The number of carbonyl (C=O) groups is 1. The number of amides is 1. The van der Waals surface area contributed by atoms with E-state index in [0.29, 0.717) is 25.3 Å². The molecule has 2 aromatic rings. The van der Waals surface area contributed by atoms with E-state index in [2.05, 4.69) is 14.9 Å². The van der Waals surface area contributed by atoms with E-state index in [1.54, 1.807) is 18.5 Å². The van der Waals surface area contributed by atoms with Crippen molar-refractivity contribution in [3.05, 3.63) is 54.2 Å². The molecule has 1 atom stereocenters. The largest absolute Gasteiger partial charge is 0.354 e. The summed E-state index contributed by atoms with van der Waals surface area (Å²) < 4.78 is 14.2. The topological polar surface area (TPSA) is 49.3 Å². The Balaban J connectivity index is 1.52. The third kappa shape index (κ3) is 3.41. The van der Waals surface area contributed by atoms with Gasteiger partial charge in [0.1, 0.15) is 0 Å². The Morgan fingerprint density at radius 1 is 1.15 bits per heavy atom. The minimum Gasteiger partial charge on any atom is -0.354 e. The van der Waals surface area contributed by atoms with Crippen LogP contribution in [0, 0.1) is 11.2 Å². The lowest BCUT2D eigenvalue weighted by Gasteiger charge is -2.48. The standard InChI is InChI=1S/C20H23FN4O/c21-17-5-2-10-23-19(17)24-11-3-7-20(14-24)8-6-18(26)25(15-20)13-16-4-1-9-22-12-16/h1-2,4-5,9-10,12H,3,6-8,11,13-15H2/t20-/m1/s1. The number of hydrogen-bond donors (Lipinski definition) is 0. The number of aromatic nitrogens is 2. The number of rotatable bonds is 3. The van der Waals surface area contributed by atoms with Crippen LogP contribution in [-0.2, 0) is 11.3 Å². The second-order valence-electron chi connectivity index (χ2n) is 7.45. The summed E-state index contributed by atoms with van der Waals surface area (Å²) in [7, 11) is 0. The van der Waals surface area contributed by atoms with Crippen LogP contribution in [0.1, 0.15) is 31.2 Å². The number of carbonyl (C=O) groups excluding carboxylic acids is 1. The van der Waals surface area contributed by atoms with Gasteiger partial charge in [0.25, 0.3) is 0 Å². The van der Waals surface area contributed by atoms with Gasteiger partial charge in [0, 0.05) is 56.6 Å². The summed E-state index contributed by atoms with van der Waals surface area (Å²) in [5, 5.41) is 0. The molecule has 0 bridgehead atoms. The normalized spacial score (nSPS) is 23.5. The van der Waals surface area contributed by atoms with Crippen molar-refractivity contribution in [3.8, 4) is 0 Å². The first-order valence-electron chi connectivity index (χ1n) is 9.17. The summed E-state index contributed by atoms with van der Waals surface area (Å²) in [5.74, 6) is 0.353. The molecule has 4 rings (SSSR count). The minimum absolute atomic E-state index is 0.0122. The predicted molar refractivity (Wildman–Crippen MR) is 97.0 cm³/mol. The van der Waals surface area contributed by atoms with Crippen LogP contribution in [0.25, 0.3) is 0 Å². The van der Waals surface area contributed by atoms with Crippen LogP contribution in [0.4, 0.5) is 10.2 Å². The Morgan fingerprint density at radius 3 is 2.85 bits per heavy atom. The summed E-state index contributed by atoms with van der Waals surface area (Å²) >= 11 is 0. The summed E-state index contributed by atoms with van der Waals surface area (Å²) in [6.45, 7) is 2.86. The van der Waals surface area contributed by atoms with Crippen LogP contribution >= 0.6 is 0 Å². The molecular weight excluding hydrogens is 331 g/mol. The van der Waals surface area contributed by atoms with E-state index < -0.39 is 0 Å². The molecule has 0 saturated carbocycles. The van der Waals surface area contributed by atoms with E-state index in [1.165, 1.54) is 6.07 Å². The Hall–Kier alpha value is -2.50. The maximum atomic E-state index is 14.2. The van der Waals surface area contributed by atoms with Crippen molar-refractivity contribution in [3.63, 3.8) is 0 Å². The Labute approximate surface area is 152 Å². The van der Waals surface area contributed by atoms with Crippen molar-refractivity contribution in [2.75, 3.05) is 24.5 Å². The van der Waals surface area contributed by atoms with E-state index in [4.69, 9.17) is 0 Å². The minimum atomic E-state index is -0.274. The van der Waals surface area contributed by atoms with Crippen LogP contribution in [0.3, 0.4) is 0 Å². The van der Waals surface area contributed by atoms with Crippen molar-refractivity contribution >= 4 is 11.7 Å². The summed E-state index contributed by atoms with van der Waals surface area (Å²) in [4.78, 5) is 24.8. The number of nitrogens with zero attached hydrogens (tertiary/aromatic N) is 4. The summed E-state index contributed by atoms with van der Waals surface area (Å²) in [6.07, 6.45) is 8.66. The fourth-order valence-corrected chi connectivity index (χ4v) is 4.29. The van der Waals surface area contributed by atoms with Crippen LogP contribution < -0.4 is 4.90 Å². The number of hydrogen-bond acceptors (Lipinski definition) is 4. The van der Waals surface area contributed by atoms with Crippen molar-refractivity contribution in [1.82, 2.24) is 14.9 Å². The molecule has 2 aliphatic heterocycles. The zero-order valence-electron chi connectivity index (χ0n) is 14.8. The van der Waals surface area contributed by atoms with Gasteiger partial charge in [-0.2, -0.15) is 0 Å². The predicted octanol–water partition coefficient (Wildman–Crippen LogP) is 3.02. The molecule has 4 heterocycles. The highest BCUT2D eigenvalue weighted by Gasteiger charge is 2.42. The fourth-order valence-electron chi connectivity index (χ4n) is 4.29. The number of piperidine rings is 2. The maximum absolute atomic E-state index is 14.2. The second-order valence-corrected chi connectivity index (χ2v) is 7.45. The molecule has 26 heavy (non-hydrogen) atoms. The molecule has 0 radical (unpaired) electrons. The lowest BCUT2D eigenvalue weighted by atomic mass is 9.73. The van der Waals surface area contributed by atoms with Gasteiger partial charge >= 0.3 is 0 Å². The molecular formula is C20H23FN4O. The third-order valence-corrected chi connectivity index (χ3v) is 5.54. The van der Waals surface area contributed by atoms with Gasteiger partial charge in [-0.15, -0.1) is 0 Å². The number of halogens is 1. The van der Waals surface area contributed by atoms with E-state index in [1.807, 2.05) is 23.2 Å². The monoisotopic (exact) mass is 354 g/mol. The van der Waals surface area contributed by atoms with Gasteiger partial charge < -0.3 is 9.80 Å². The second kappa shape index (κ2) is 7.02. The first-order chi connectivity index (χ1) is 12.7. The smallest absolute Gasteiger partial charge is 0.222 e. The lowest BCUT2D eigenvalue weighted by molar-refractivity contribution is -0.138. The van der Waals surface area contributed by atoms with Gasteiger partial charge in [-0.1, -0.05) is 6.07 Å². The van der Waals surface area contributed by atoms with Gasteiger partial charge in [0.15, 0.2) is 11.6 Å². The number of likely N-dealkylation sites (tertiary alicyclic amines) is 1. The SMILES string of the molecule is O=C1CC[C@@]2(CCCN(c3ncccc3F)C2)CN1Cc1cccnc1. The zero-order valence-corrected chi connectivity index (χ0v) is 14.8. The Kier molecular flexibility index (Phi) is 4.57. The first-order valence-corrected chi connectivity index (χ1v) is 9.17. The van der Waals surface area contributed by atoms with Gasteiger partial charge in [0.05, 0.1) is 0 Å². The lowest BCUT2D eigenvalue weighted by Crippen LogP contribution is -2.54. The van der Waals surface area contributed by atoms with Crippen LogP contribution in [0.5, 0.6) is 0 Å². The molecule has 1 amide bonds. The molecule has 0 unspecified atom stereocenters. The highest BCUT2D eigenvalue weighted by atomic mass is 19.1. The van der Waals surface area contributed by atoms with Crippen molar-refractivity contribution in [1.29, 1.82) is 0 Å². The highest BCUT2D eigenvalue weighted by Crippen LogP contribution is 2.40. The van der Waals surface area contributed by atoms with E-state index in [9.17, 15) is 9.18 Å². The molecule has 0 aromatic carbocycles. The molecule has 1 spiro atoms.